The molecule has 4 N–H and O–H groups in total. The van der Waals surface area contributed by atoms with Crippen molar-refractivity contribution in [2.24, 2.45) is 28.9 Å². The van der Waals surface area contributed by atoms with E-state index in [-0.39, 0.29) is 24.0 Å². The molecule has 3 aliphatic rings. The van der Waals surface area contributed by atoms with Crippen molar-refractivity contribution in [1.29, 1.82) is 0 Å². The number of fused-ring (bicyclic) bond motifs is 2. The zero-order chi connectivity index (χ0) is 27.9. The number of primary amides is 1. The normalized spacial score (nSPS) is 31.0. The fourth-order valence-corrected chi connectivity index (χ4v) is 10.8. The summed E-state index contributed by atoms with van der Waals surface area (Å²) in [6, 6.07) is 7.21. The number of amides is 1. The molecule has 3 fully saturated rings. The Bertz CT molecular complexity index is 936. The van der Waals surface area contributed by atoms with Crippen molar-refractivity contribution in [3.05, 3.63) is 29.3 Å². The number of nitrogens with one attached hydrogen (secondary N) is 2. The maximum absolute atomic E-state index is 11.6. The Labute approximate surface area is 237 Å². The smallest absolute Gasteiger partial charge is 0.223 e. The van der Waals surface area contributed by atoms with Crippen molar-refractivity contribution in [2.45, 2.75) is 110 Å². The average Bonchev–Trinajstić information content (AvgIpc) is 2.89. The highest BCUT2D eigenvalue weighted by molar-refractivity contribution is 8.56. The number of hydrogen-bond acceptors (Lipinski definition) is 5. The second kappa shape index (κ2) is 14.1. The summed E-state index contributed by atoms with van der Waals surface area (Å²) < 4.78 is 3.55. The lowest BCUT2D eigenvalue weighted by Crippen LogP contribution is -2.52. The second-order valence-electron chi connectivity index (χ2n) is 12.6. The van der Waals surface area contributed by atoms with Crippen LogP contribution in [0.5, 0.6) is 0 Å². The van der Waals surface area contributed by atoms with E-state index in [2.05, 4.69) is 62.6 Å². The van der Waals surface area contributed by atoms with Crippen LogP contribution in [0.4, 0.5) is 0 Å². The zero-order valence-electron chi connectivity index (χ0n) is 24.6. The van der Waals surface area contributed by atoms with Crippen LogP contribution < -0.4 is 21.1 Å². The minimum absolute atomic E-state index is 0.105. The Morgan fingerprint density at radius 3 is 2.53 bits per heavy atom. The topological polar surface area (TPSA) is 84.2 Å². The van der Waals surface area contributed by atoms with E-state index in [1.807, 2.05) is 7.05 Å². The molecule has 0 heterocycles. The summed E-state index contributed by atoms with van der Waals surface area (Å²) in [4.78, 5) is 23.2. The first kappa shape index (κ1) is 31.6. The Morgan fingerprint density at radius 2 is 1.92 bits per heavy atom. The predicted molar refractivity (Wildman–Crippen MR) is 165 cm³/mol. The van der Waals surface area contributed by atoms with Gasteiger partial charge in [0.2, 0.25) is 5.91 Å². The maximum Gasteiger partial charge on any atom is 0.223 e. The van der Waals surface area contributed by atoms with E-state index in [1.165, 1.54) is 55.0 Å². The van der Waals surface area contributed by atoms with Crippen LogP contribution in [-0.2, 0) is 16.0 Å². The van der Waals surface area contributed by atoms with Gasteiger partial charge >= 0.3 is 0 Å². The SMILES string of the molecule is CCCc1c(C)cccc1P(C)SNC1(C=O)CCCCC1.CNC1C(C)CC2CC1CC(C)(C(N)=O)C2. The van der Waals surface area contributed by atoms with Gasteiger partial charge in [-0.15, -0.1) is 0 Å². The van der Waals surface area contributed by atoms with Crippen molar-refractivity contribution in [1.82, 2.24) is 10.0 Å². The number of carbonyl (C=O) groups is 2. The van der Waals surface area contributed by atoms with Crippen LogP contribution >= 0.6 is 18.7 Å². The van der Waals surface area contributed by atoms with Crippen LogP contribution in [0.1, 0.15) is 96.1 Å². The van der Waals surface area contributed by atoms with Gasteiger partial charge in [0.1, 0.15) is 6.29 Å². The van der Waals surface area contributed by atoms with E-state index < -0.39 is 0 Å². The van der Waals surface area contributed by atoms with Crippen LogP contribution in [0, 0.1) is 30.1 Å². The van der Waals surface area contributed by atoms with Gasteiger partial charge in [-0.05, 0) is 118 Å². The lowest BCUT2D eigenvalue weighted by atomic mass is 9.57. The molecule has 0 spiro atoms. The summed E-state index contributed by atoms with van der Waals surface area (Å²) in [6.07, 6.45) is 13.5. The molecule has 5 nitrogen and oxygen atoms in total. The first-order valence-corrected chi connectivity index (χ1v) is 18.0. The van der Waals surface area contributed by atoms with Crippen molar-refractivity contribution < 1.29 is 9.59 Å². The van der Waals surface area contributed by atoms with Gasteiger partial charge in [-0.25, -0.2) is 4.72 Å². The third-order valence-electron chi connectivity index (χ3n) is 9.42. The van der Waals surface area contributed by atoms with E-state index >= 15 is 0 Å². The Balaban J connectivity index is 0.000000221. The van der Waals surface area contributed by atoms with Gasteiger partial charge in [-0.2, -0.15) is 0 Å². The third-order valence-corrected chi connectivity index (χ3v) is 13.0. The molecule has 1 amide bonds. The van der Waals surface area contributed by atoms with E-state index in [9.17, 15) is 9.59 Å². The summed E-state index contributed by atoms with van der Waals surface area (Å²) in [5.41, 5.74) is 7.93. The lowest BCUT2D eigenvalue weighted by molar-refractivity contribution is -0.132. The highest BCUT2D eigenvalue weighted by Crippen LogP contribution is 2.50. The molecule has 1 aromatic rings. The van der Waals surface area contributed by atoms with Crippen molar-refractivity contribution in [3.8, 4) is 0 Å². The van der Waals surface area contributed by atoms with Crippen LogP contribution in [0.25, 0.3) is 0 Å². The van der Waals surface area contributed by atoms with E-state index in [0.29, 0.717) is 17.9 Å². The van der Waals surface area contributed by atoms with Crippen LogP contribution in [-0.4, -0.2) is 37.5 Å². The fourth-order valence-electron chi connectivity index (χ4n) is 7.40. The summed E-state index contributed by atoms with van der Waals surface area (Å²) in [6.45, 7) is 11.1. The van der Waals surface area contributed by atoms with Crippen molar-refractivity contribution >= 4 is 36.2 Å². The highest BCUT2D eigenvalue weighted by atomic mass is 32.7. The molecule has 0 aliphatic heterocycles. The Morgan fingerprint density at radius 1 is 1.21 bits per heavy atom. The van der Waals surface area contributed by atoms with Crippen LogP contribution in [0.15, 0.2) is 18.2 Å². The molecule has 0 aromatic heterocycles. The summed E-state index contributed by atoms with van der Waals surface area (Å²) in [7, 11) is 1.70. The number of aldehydes is 1. The molecular weight excluding hydrogens is 509 g/mol. The first-order valence-electron chi connectivity index (χ1n) is 14.8. The van der Waals surface area contributed by atoms with Crippen molar-refractivity contribution in [3.63, 3.8) is 0 Å². The van der Waals surface area contributed by atoms with E-state index in [1.54, 1.807) is 11.6 Å². The number of hydrogen-bond donors (Lipinski definition) is 3. The molecule has 1 aromatic carbocycles. The summed E-state index contributed by atoms with van der Waals surface area (Å²) >= 11 is 1.79. The number of nitrogens with two attached hydrogens (primary N) is 1. The highest BCUT2D eigenvalue weighted by Gasteiger charge is 2.47. The molecular formula is C31H52N3O2PS. The Kier molecular flexibility index (Phi) is 11.7. The monoisotopic (exact) mass is 561 g/mol. The molecule has 38 heavy (non-hydrogen) atoms. The molecule has 6 atom stereocenters. The number of carbonyl (C=O) groups excluding carboxylic acids is 2. The van der Waals surface area contributed by atoms with Crippen LogP contribution in [0.2, 0.25) is 0 Å². The van der Waals surface area contributed by atoms with Gasteiger partial charge in [-0.1, -0.05) is 64.7 Å². The molecule has 7 heteroatoms. The predicted octanol–water partition coefficient (Wildman–Crippen LogP) is 6.26. The first-order chi connectivity index (χ1) is 18.1. The minimum Gasteiger partial charge on any atom is -0.369 e. The third kappa shape index (κ3) is 7.62. The average molecular weight is 562 g/mol. The molecule has 3 saturated carbocycles. The standard InChI is InChI=1S/C18H28NOPS.C13H24N2O/c1-4-9-16-15(2)10-8-11-17(16)21(3)22-19-18(14-20)12-6-5-7-13-18;1-8-4-9-5-10(11(8)15-3)7-13(2,6-9)12(14)16/h8,10-11,14,19H,4-7,9,12-13H2,1-3H3;8-11,15H,4-7H2,1-3H3,(H2,14,16). The van der Waals surface area contributed by atoms with Gasteiger partial charge in [0, 0.05) is 11.5 Å². The van der Waals surface area contributed by atoms with E-state index in [0.717, 1.165) is 44.3 Å². The Hall–Kier alpha value is -0.940. The molecule has 214 valence electrons. The molecule has 2 bridgehead atoms. The molecule has 0 saturated heterocycles. The maximum atomic E-state index is 11.6. The fraction of sp³-hybridized carbons (Fsp3) is 0.742. The van der Waals surface area contributed by atoms with Gasteiger partial charge in [0.25, 0.3) is 0 Å². The number of benzene rings is 1. The molecule has 6 unspecified atom stereocenters. The number of aryl methyl sites for hydroxylation is 1. The van der Waals surface area contributed by atoms with Gasteiger partial charge in [-0.3, -0.25) is 4.79 Å². The van der Waals surface area contributed by atoms with Gasteiger partial charge in [0.05, 0.1) is 5.54 Å². The molecule has 4 rings (SSSR count). The largest absolute Gasteiger partial charge is 0.369 e. The van der Waals surface area contributed by atoms with Crippen molar-refractivity contribution in [2.75, 3.05) is 13.7 Å². The minimum atomic E-state index is -0.340. The van der Waals surface area contributed by atoms with E-state index in [4.69, 9.17) is 5.73 Å². The number of rotatable bonds is 9. The quantitative estimate of drug-likeness (QED) is 0.188. The molecule has 0 radical (unpaired) electrons. The summed E-state index contributed by atoms with van der Waals surface area (Å²) in [5.74, 6) is 1.96. The van der Waals surface area contributed by atoms with Gasteiger partial charge in [0.15, 0.2) is 0 Å². The lowest BCUT2D eigenvalue weighted by Gasteiger charge is -2.49. The van der Waals surface area contributed by atoms with Gasteiger partial charge < -0.3 is 15.8 Å². The zero-order valence-corrected chi connectivity index (χ0v) is 26.4. The summed E-state index contributed by atoms with van der Waals surface area (Å²) in [5, 5.41) is 4.91. The molecule has 3 aliphatic carbocycles. The van der Waals surface area contributed by atoms with Crippen LogP contribution in [0.3, 0.4) is 0 Å². The second-order valence-corrected chi connectivity index (χ2v) is 16.6.